The summed E-state index contributed by atoms with van der Waals surface area (Å²) in [7, 11) is -0.973. The van der Waals surface area contributed by atoms with Gasteiger partial charge in [-0.15, -0.1) is 0 Å². The molecule has 1 atom stereocenters. The maximum absolute atomic E-state index is 11.8. The van der Waals surface area contributed by atoms with Gasteiger partial charge in [-0.1, -0.05) is 17.7 Å². The van der Waals surface area contributed by atoms with Crippen LogP contribution in [0.4, 0.5) is 0 Å². The van der Waals surface area contributed by atoms with Crippen molar-refractivity contribution in [2.45, 2.75) is 31.3 Å². The smallest absolute Gasteiger partial charge is 0.0530 e. The molecule has 0 heterocycles. The first-order valence-electron chi connectivity index (χ1n) is 5.35. The Labute approximate surface area is 104 Å². The molecule has 1 unspecified atom stereocenters. The van der Waals surface area contributed by atoms with Crippen molar-refractivity contribution in [2.75, 3.05) is 12.4 Å². The van der Waals surface area contributed by atoms with Gasteiger partial charge in [-0.3, -0.25) is 4.21 Å². The molecule has 90 valence electrons. The second-order valence-corrected chi connectivity index (χ2v) is 5.79. The van der Waals surface area contributed by atoms with Gasteiger partial charge in [0, 0.05) is 22.3 Å². The van der Waals surface area contributed by atoms with Gasteiger partial charge in [0.05, 0.1) is 16.9 Å². The molecule has 0 radical (unpaired) electrons. The number of halogens is 1. The van der Waals surface area contributed by atoms with Crippen LogP contribution in [-0.2, 0) is 15.5 Å². The minimum Gasteiger partial charge on any atom is -0.379 e. The predicted molar refractivity (Wildman–Crippen MR) is 68.4 cm³/mol. The van der Waals surface area contributed by atoms with Crippen LogP contribution >= 0.6 is 11.6 Å². The van der Waals surface area contributed by atoms with E-state index in [0.717, 1.165) is 11.3 Å². The first-order chi connectivity index (χ1) is 7.59. The van der Waals surface area contributed by atoms with Gasteiger partial charge in [0.15, 0.2) is 0 Å². The van der Waals surface area contributed by atoms with Crippen LogP contribution in [0.5, 0.6) is 0 Å². The quantitative estimate of drug-likeness (QED) is 0.734. The molecule has 2 nitrogen and oxygen atoms in total. The van der Waals surface area contributed by atoms with Gasteiger partial charge >= 0.3 is 0 Å². The lowest BCUT2D eigenvalue weighted by molar-refractivity contribution is 0.0798. The summed E-state index contributed by atoms with van der Waals surface area (Å²) in [5.74, 6) is 0.618. The van der Waals surface area contributed by atoms with Gasteiger partial charge in [-0.25, -0.2) is 0 Å². The van der Waals surface area contributed by atoms with Crippen molar-refractivity contribution in [3.8, 4) is 0 Å². The van der Waals surface area contributed by atoms with Crippen molar-refractivity contribution in [3.63, 3.8) is 0 Å². The summed E-state index contributed by atoms with van der Waals surface area (Å²) in [5.41, 5.74) is 0. The monoisotopic (exact) mass is 260 g/mol. The van der Waals surface area contributed by atoms with Crippen LogP contribution in [-0.4, -0.2) is 22.7 Å². The van der Waals surface area contributed by atoms with E-state index in [1.807, 2.05) is 26.0 Å². The second kappa shape index (κ2) is 7.05. The Hall–Kier alpha value is -0.380. The Morgan fingerprint density at radius 2 is 2.19 bits per heavy atom. The highest BCUT2D eigenvalue weighted by molar-refractivity contribution is 7.85. The van der Waals surface area contributed by atoms with E-state index in [9.17, 15) is 4.21 Å². The Balaban J connectivity index is 2.35. The van der Waals surface area contributed by atoms with Crippen molar-refractivity contribution < 1.29 is 8.95 Å². The summed E-state index contributed by atoms with van der Waals surface area (Å²) in [4.78, 5) is 0.789. The zero-order valence-electron chi connectivity index (χ0n) is 9.61. The SMILES string of the molecule is CC(C)OCCCS(=O)c1cccc(Cl)c1. The molecular weight excluding hydrogens is 244 g/mol. The summed E-state index contributed by atoms with van der Waals surface area (Å²) < 4.78 is 17.2. The Kier molecular flexibility index (Phi) is 6.03. The zero-order valence-corrected chi connectivity index (χ0v) is 11.2. The van der Waals surface area contributed by atoms with Crippen molar-refractivity contribution in [3.05, 3.63) is 29.3 Å². The third kappa shape index (κ3) is 5.10. The van der Waals surface area contributed by atoms with E-state index in [0.29, 0.717) is 17.4 Å². The lowest BCUT2D eigenvalue weighted by atomic mass is 10.4. The largest absolute Gasteiger partial charge is 0.379 e. The maximum atomic E-state index is 11.8. The molecule has 0 amide bonds. The highest BCUT2D eigenvalue weighted by Gasteiger charge is 2.04. The van der Waals surface area contributed by atoms with Gasteiger partial charge in [0.2, 0.25) is 0 Å². The van der Waals surface area contributed by atoms with Crippen molar-refractivity contribution in [2.24, 2.45) is 0 Å². The average Bonchev–Trinajstić information content (AvgIpc) is 2.24. The third-order valence-electron chi connectivity index (χ3n) is 1.98. The van der Waals surface area contributed by atoms with Crippen LogP contribution in [0, 0.1) is 0 Å². The molecule has 0 aliphatic carbocycles. The van der Waals surface area contributed by atoms with Gasteiger partial charge in [0.1, 0.15) is 0 Å². The molecule has 1 rings (SSSR count). The van der Waals surface area contributed by atoms with Crippen LogP contribution in [0.3, 0.4) is 0 Å². The Morgan fingerprint density at radius 3 is 2.81 bits per heavy atom. The van der Waals surface area contributed by atoms with Crippen molar-refractivity contribution >= 4 is 22.4 Å². The van der Waals surface area contributed by atoms with Crippen LogP contribution in [0.2, 0.25) is 5.02 Å². The fourth-order valence-electron chi connectivity index (χ4n) is 1.24. The first kappa shape index (κ1) is 13.7. The summed E-state index contributed by atoms with van der Waals surface area (Å²) >= 11 is 5.83. The fourth-order valence-corrected chi connectivity index (χ4v) is 2.60. The van der Waals surface area contributed by atoms with E-state index in [4.69, 9.17) is 16.3 Å². The molecule has 0 aliphatic heterocycles. The first-order valence-corrected chi connectivity index (χ1v) is 7.05. The molecule has 0 bridgehead atoms. The van der Waals surface area contributed by atoms with Crippen molar-refractivity contribution in [1.29, 1.82) is 0 Å². The maximum Gasteiger partial charge on any atom is 0.0530 e. The van der Waals surface area contributed by atoms with Gasteiger partial charge in [-0.2, -0.15) is 0 Å². The van der Waals surface area contributed by atoms with Gasteiger partial charge in [0.25, 0.3) is 0 Å². The molecular formula is C12H17ClO2S. The van der Waals surface area contributed by atoms with E-state index in [-0.39, 0.29) is 6.10 Å². The van der Waals surface area contributed by atoms with Crippen LogP contribution in [0.15, 0.2) is 29.2 Å². The number of ether oxygens (including phenoxy) is 1. The highest BCUT2D eigenvalue weighted by atomic mass is 35.5. The van der Waals surface area contributed by atoms with E-state index >= 15 is 0 Å². The van der Waals surface area contributed by atoms with Crippen LogP contribution < -0.4 is 0 Å². The number of hydrogen-bond donors (Lipinski definition) is 0. The number of hydrogen-bond acceptors (Lipinski definition) is 2. The zero-order chi connectivity index (χ0) is 12.0. The summed E-state index contributed by atoms with van der Waals surface area (Å²) in [6.07, 6.45) is 1.04. The lowest BCUT2D eigenvalue weighted by Crippen LogP contribution is -2.07. The molecule has 0 aromatic heterocycles. The minimum atomic E-state index is -0.973. The normalized spacial score (nSPS) is 13.0. The molecule has 16 heavy (non-hydrogen) atoms. The van der Waals surface area contributed by atoms with E-state index in [2.05, 4.69) is 0 Å². The molecule has 1 aromatic rings. The predicted octanol–water partition coefficient (Wildman–Crippen LogP) is 3.26. The van der Waals surface area contributed by atoms with E-state index in [1.54, 1.807) is 12.1 Å². The summed E-state index contributed by atoms with van der Waals surface area (Å²) in [6.45, 7) is 4.64. The summed E-state index contributed by atoms with van der Waals surface area (Å²) in [5, 5.41) is 0.629. The fraction of sp³-hybridized carbons (Fsp3) is 0.500. The summed E-state index contributed by atoms with van der Waals surface area (Å²) in [6, 6.07) is 7.19. The molecule has 0 aliphatic rings. The van der Waals surface area contributed by atoms with E-state index < -0.39 is 10.8 Å². The molecule has 0 fully saturated rings. The molecule has 0 saturated carbocycles. The third-order valence-corrected chi connectivity index (χ3v) is 3.66. The van der Waals surface area contributed by atoms with Crippen LogP contribution in [0.25, 0.3) is 0 Å². The van der Waals surface area contributed by atoms with Crippen molar-refractivity contribution in [1.82, 2.24) is 0 Å². The molecule has 0 N–H and O–H groups in total. The van der Waals surface area contributed by atoms with E-state index in [1.165, 1.54) is 0 Å². The molecule has 1 aromatic carbocycles. The second-order valence-electron chi connectivity index (χ2n) is 3.78. The molecule has 4 heteroatoms. The average molecular weight is 261 g/mol. The number of rotatable bonds is 6. The topological polar surface area (TPSA) is 26.3 Å². The highest BCUT2D eigenvalue weighted by Crippen LogP contribution is 2.14. The Bertz CT molecular complexity index is 353. The minimum absolute atomic E-state index is 0.236. The van der Waals surface area contributed by atoms with Gasteiger partial charge < -0.3 is 4.74 Å². The lowest BCUT2D eigenvalue weighted by Gasteiger charge is -2.07. The number of benzene rings is 1. The molecule has 0 spiro atoms. The Morgan fingerprint density at radius 1 is 1.44 bits per heavy atom. The van der Waals surface area contributed by atoms with Crippen LogP contribution in [0.1, 0.15) is 20.3 Å². The molecule has 0 saturated heterocycles. The van der Waals surface area contributed by atoms with Gasteiger partial charge in [-0.05, 0) is 38.5 Å². The standard InChI is InChI=1S/C12H17ClO2S/c1-10(2)15-7-4-8-16(14)12-6-3-5-11(13)9-12/h3,5-6,9-10H,4,7-8H2,1-2H3.